The van der Waals surface area contributed by atoms with Gasteiger partial charge in [-0.05, 0) is 104 Å². The Morgan fingerprint density at radius 2 is 1.27 bits per heavy atom. The molecule has 2 aliphatic carbocycles. The largest absolute Gasteiger partial charge is 0.453 e. The Hall–Kier alpha value is -6.20. The molecule has 2 saturated carbocycles. The number of hydrogen-bond donors (Lipinski definition) is 3. The van der Waals surface area contributed by atoms with E-state index >= 15 is 0 Å². The predicted octanol–water partition coefficient (Wildman–Crippen LogP) is 5.83. The summed E-state index contributed by atoms with van der Waals surface area (Å²) in [4.78, 5) is 80.3. The van der Waals surface area contributed by atoms with E-state index in [1.165, 1.54) is 14.2 Å². The number of piperidine rings is 2. The average molecular weight is 898 g/mol. The highest BCUT2D eigenvalue weighted by Crippen LogP contribution is 2.54. The van der Waals surface area contributed by atoms with Crippen LogP contribution in [0.1, 0.15) is 75.3 Å². The predicted molar refractivity (Wildman–Crippen MR) is 242 cm³/mol. The molecule has 0 radical (unpaired) electrons. The highest BCUT2D eigenvalue weighted by Gasteiger charge is 2.58. The molecular weight excluding hydrogens is 843 g/mol. The Kier molecular flexibility index (Phi) is 11.3. The molecule has 5 aliphatic heterocycles. The number of nitrogens with zero attached hydrogens (tertiary/aromatic N) is 6. The maximum Gasteiger partial charge on any atom is 0.407 e. The summed E-state index contributed by atoms with van der Waals surface area (Å²) in [5, 5.41) is 5.72. The fraction of sp³-hybridized carbons (Fsp3) is 0.510. The molecule has 7 aliphatic rings. The first-order valence-electron chi connectivity index (χ1n) is 23.4. The second-order valence-electron chi connectivity index (χ2n) is 18.9. The minimum absolute atomic E-state index is 0.0200. The number of aliphatic imine (C=N–C) groups is 1. The Morgan fingerprint density at radius 1 is 0.697 bits per heavy atom. The lowest BCUT2D eigenvalue weighted by molar-refractivity contribution is -0.138. The number of alkyl carbamates (subject to hydrolysis) is 2. The summed E-state index contributed by atoms with van der Waals surface area (Å²) >= 11 is 0. The van der Waals surface area contributed by atoms with Gasteiger partial charge >= 0.3 is 12.2 Å². The number of aromatic amines is 1. The number of amides is 4. The van der Waals surface area contributed by atoms with Crippen LogP contribution < -0.4 is 10.6 Å². The third-order valence-corrected chi connectivity index (χ3v) is 15.1. The van der Waals surface area contributed by atoms with E-state index in [1.807, 2.05) is 34.3 Å². The summed E-state index contributed by atoms with van der Waals surface area (Å²) in [5.74, 6) is 1.44. The Balaban J connectivity index is 0.746. The molecule has 0 bridgehead atoms. The number of ether oxygens (including phenoxy) is 4. The van der Waals surface area contributed by atoms with Crippen LogP contribution in [0.2, 0.25) is 0 Å². The number of carbonyl (C=O) groups is 4. The molecule has 17 heteroatoms. The SMILES string of the molecule is COC(=O)N[C@H](C(=O)N1[C@@H]2C[C@@H]2C[C@H]1C1=NC=C(c2cnc3cc(-c4ccc(-c5cnc([C@@H]6C[C@H]7C[C@H]7N6C(=O)[C@@H](NC(=O)OC)C6CCOCC6)[nH]5)cc4)ccc3n2)C1)C1CCOCC1. The monoisotopic (exact) mass is 897 g/mol. The lowest BCUT2D eigenvalue weighted by Gasteiger charge is -2.36. The van der Waals surface area contributed by atoms with Crippen molar-refractivity contribution in [2.75, 3.05) is 40.6 Å². The van der Waals surface area contributed by atoms with Gasteiger partial charge in [-0.1, -0.05) is 30.3 Å². The fourth-order valence-corrected chi connectivity index (χ4v) is 11.3. The normalized spacial score (nSPS) is 26.8. The highest BCUT2D eigenvalue weighted by atomic mass is 16.5. The summed E-state index contributed by atoms with van der Waals surface area (Å²) in [7, 11) is 2.64. The van der Waals surface area contributed by atoms with Crippen LogP contribution in [0.5, 0.6) is 0 Å². The first-order chi connectivity index (χ1) is 32.2. The van der Waals surface area contributed by atoms with Gasteiger partial charge in [0.1, 0.15) is 17.9 Å². The number of carbonyl (C=O) groups excluding carboxylic acids is 4. The maximum absolute atomic E-state index is 14.3. The fourth-order valence-electron chi connectivity index (χ4n) is 11.3. The standard InChI is InChI=1S/C49H55N9O8/c1-63-48(61)55-43(28-9-13-65-14-10-28)46(59)57-39-19-31(39)21-41(57)36-18-33(23-50-36)38-24-51-35-17-30(7-8-34(35)53-38)26-3-5-27(6-4-26)37-25-52-45(54-37)42-22-32-20-40(32)58(42)47(60)44(56-49(62)64-2)29-11-15-66-16-12-29/h3-8,17,23-25,28-29,31-32,39-44H,9-16,18-22H2,1-2H3,(H,52,54)(H,55,61)(H,56,62)/t31-,32-,39-,40-,41+,42+,43+,44+/m1/s1. The van der Waals surface area contributed by atoms with Gasteiger partial charge in [0.25, 0.3) is 0 Å². The van der Waals surface area contributed by atoms with Gasteiger partial charge in [0.15, 0.2) is 0 Å². The number of aromatic nitrogens is 4. The van der Waals surface area contributed by atoms with E-state index in [9.17, 15) is 19.2 Å². The maximum atomic E-state index is 14.3. The molecule has 4 aromatic rings. The van der Waals surface area contributed by atoms with E-state index < -0.39 is 24.3 Å². The molecule has 4 saturated heterocycles. The van der Waals surface area contributed by atoms with Crippen LogP contribution >= 0.6 is 0 Å². The molecule has 8 atom stereocenters. The topological polar surface area (TPSA) is 203 Å². The molecule has 7 heterocycles. The van der Waals surface area contributed by atoms with Crippen LogP contribution in [0.15, 0.2) is 66.1 Å². The number of fused-ring (bicyclic) bond motifs is 3. The third kappa shape index (κ3) is 8.09. The molecule has 66 heavy (non-hydrogen) atoms. The van der Waals surface area contributed by atoms with Crippen molar-refractivity contribution in [3.63, 3.8) is 0 Å². The summed E-state index contributed by atoms with van der Waals surface area (Å²) in [5.41, 5.74) is 8.08. The molecule has 0 spiro atoms. The van der Waals surface area contributed by atoms with Crippen molar-refractivity contribution in [2.45, 2.75) is 94.0 Å². The van der Waals surface area contributed by atoms with Crippen molar-refractivity contribution in [1.82, 2.24) is 40.4 Å². The van der Waals surface area contributed by atoms with Crippen molar-refractivity contribution in [2.24, 2.45) is 28.7 Å². The molecule has 4 amide bonds. The van der Waals surface area contributed by atoms with Crippen molar-refractivity contribution >= 4 is 46.3 Å². The van der Waals surface area contributed by atoms with Crippen LogP contribution in [-0.4, -0.2) is 130 Å². The van der Waals surface area contributed by atoms with Crippen molar-refractivity contribution < 1.29 is 38.1 Å². The highest BCUT2D eigenvalue weighted by molar-refractivity contribution is 6.04. The number of benzene rings is 2. The first kappa shape index (κ1) is 42.4. The lowest BCUT2D eigenvalue weighted by atomic mass is 9.90. The first-order valence-corrected chi connectivity index (χ1v) is 23.4. The van der Waals surface area contributed by atoms with E-state index in [2.05, 4.69) is 45.9 Å². The van der Waals surface area contributed by atoms with Crippen molar-refractivity contribution in [3.05, 3.63) is 72.6 Å². The van der Waals surface area contributed by atoms with Gasteiger partial charge in [0.2, 0.25) is 11.8 Å². The number of methoxy groups -OCH3 is 2. The molecule has 6 fully saturated rings. The smallest absolute Gasteiger partial charge is 0.407 e. The average Bonchev–Trinajstić information content (AvgIpc) is 3.94. The quantitative estimate of drug-likeness (QED) is 0.164. The summed E-state index contributed by atoms with van der Waals surface area (Å²) in [6.45, 7) is 2.25. The van der Waals surface area contributed by atoms with Gasteiger partial charge in [-0.25, -0.2) is 19.6 Å². The number of likely N-dealkylation sites (tertiary alicyclic amines) is 2. The van der Waals surface area contributed by atoms with Crippen LogP contribution in [0.4, 0.5) is 9.59 Å². The van der Waals surface area contributed by atoms with Gasteiger partial charge in [-0.3, -0.25) is 19.6 Å². The number of allylic oxidation sites excluding steroid dienone is 1. The molecule has 2 aromatic carbocycles. The van der Waals surface area contributed by atoms with E-state index in [0.29, 0.717) is 70.4 Å². The van der Waals surface area contributed by atoms with Gasteiger partial charge in [-0.2, -0.15) is 0 Å². The van der Waals surface area contributed by atoms with E-state index in [0.717, 1.165) is 81.9 Å². The molecule has 17 nitrogen and oxygen atoms in total. The molecule has 2 aromatic heterocycles. The summed E-state index contributed by atoms with van der Waals surface area (Å²) < 4.78 is 21.0. The van der Waals surface area contributed by atoms with Crippen LogP contribution in [-0.2, 0) is 28.5 Å². The Bertz CT molecular complexity index is 2600. The van der Waals surface area contributed by atoms with E-state index in [-0.39, 0.29) is 47.8 Å². The number of H-pyrrole nitrogens is 1. The minimum atomic E-state index is -0.680. The Morgan fingerprint density at radius 3 is 1.89 bits per heavy atom. The van der Waals surface area contributed by atoms with Crippen LogP contribution in [0.25, 0.3) is 39.0 Å². The molecule has 3 N–H and O–H groups in total. The second kappa shape index (κ2) is 17.5. The van der Waals surface area contributed by atoms with Gasteiger partial charge in [-0.15, -0.1) is 0 Å². The number of imidazole rings is 1. The molecule has 0 unspecified atom stereocenters. The van der Waals surface area contributed by atoms with Gasteiger partial charge in [0, 0.05) is 62.4 Å². The van der Waals surface area contributed by atoms with Gasteiger partial charge < -0.3 is 44.4 Å². The van der Waals surface area contributed by atoms with Crippen molar-refractivity contribution in [1.29, 1.82) is 0 Å². The number of nitrogens with one attached hydrogen (secondary N) is 3. The van der Waals surface area contributed by atoms with Crippen molar-refractivity contribution in [3.8, 4) is 22.4 Å². The second-order valence-corrected chi connectivity index (χ2v) is 18.9. The van der Waals surface area contributed by atoms with E-state index in [4.69, 9.17) is 38.9 Å². The third-order valence-electron chi connectivity index (χ3n) is 15.1. The van der Waals surface area contributed by atoms with Gasteiger partial charge in [0.05, 0.1) is 61.1 Å². The zero-order valence-corrected chi connectivity index (χ0v) is 37.2. The zero-order valence-electron chi connectivity index (χ0n) is 37.2. The summed E-state index contributed by atoms with van der Waals surface area (Å²) in [6.07, 6.45) is 11.3. The van der Waals surface area contributed by atoms with Crippen LogP contribution in [0.3, 0.4) is 0 Å². The number of rotatable bonds is 11. The molecule has 11 rings (SSSR count). The zero-order chi connectivity index (χ0) is 45.1. The summed E-state index contributed by atoms with van der Waals surface area (Å²) in [6, 6.07) is 13.0. The van der Waals surface area contributed by atoms with E-state index in [1.54, 1.807) is 6.20 Å². The Labute approximate surface area is 382 Å². The van der Waals surface area contributed by atoms with Crippen LogP contribution in [0, 0.1) is 23.7 Å². The molecule has 344 valence electrons. The minimum Gasteiger partial charge on any atom is -0.453 e. The number of hydrogen-bond acceptors (Lipinski definition) is 12. The molecular formula is C49H55N9O8. The lowest BCUT2D eigenvalue weighted by Crippen LogP contribution is -2.56.